The fourth-order valence-corrected chi connectivity index (χ4v) is 5.16. The Morgan fingerprint density at radius 3 is 2.47 bits per heavy atom. The van der Waals surface area contributed by atoms with Gasteiger partial charge < -0.3 is 10.1 Å². The quantitative estimate of drug-likeness (QED) is 0.565. The van der Waals surface area contributed by atoms with Crippen molar-refractivity contribution in [3.63, 3.8) is 0 Å². The average Bonchev–Trinajstić information content (AvgIpc) is 3.23. The Hall–Kier alpha value is -2.43. The van der Waals surface area contributed by atoms with Crippen LogP contribution in [0.5, 0.6) is 0 Å². The first-order chi connectivity index (χ1) is 15.3. The average molecular weight is 495 g/mol. The summed E-state index contributed by atoms with van der Waals surface area (Å²) in [4.78, 5) is 12.9. The molecule has 4 rings (SSSR count). The van der Waals surface area contributed by atoms with Gasteiger partial charge in [0.25, 0.3) is 5.91 Å². The molecule has 0 radical (unpaired) electrons. The highest BCUT2D eigenvalue weighted by Gasteiger charge is 2.26. The molecule has 0 aliphatic carbocycles. The van der Waals surface area contributed by atoms with E-state index in [0.29, 0.717) is 54.3 Å². The molecule has 11 heteroatoms. The van der Waals surface area contributed by atoms with Crippen molar-refractivity contribution in [2.24, 2.45) is 0 Å². The van der Waals surface area contributed by atoms with Crippen molar-refractivity contribution in [3.05, 3.63) is 75.9 Å². The summed E-state index contributed by atoms with van der Waals surface area (Å²) >= 11 is 12.2. The molecule has 2 heterocycles. The number of halogens is 2. The van der Waals surface area contributed by atoms with Gasteiger partial charge in [0.2, 0.25) is 10.0 Å². The van der Waals surface area contributed by atoms with Gasteiger partial charge in [-0.05, 0) is 42.0 Å². The number of morpholine rings is 1. The summed E-state index contributed by atoms with van der Waals surface area (Å²) in [7, 11) is -3.62. The minimum atomic E-state index is -3.62. The van der Waals surface area contributed by atoms with Crippen LogP contribution in [-0.2, 0) is 21.3 Å². The van der Waals surface area contributed by atoms with Crippen molar-refractivity contribution < 1.29 is 17.9 Å². The topological polar surface area (TPSA) is 93.5 Å². The monoisotopic (exact) mass is 494 g/mol. The Labute approximate surface area is 195 Å². The Morgan fingerprint density at radius 1 is 1.06 bits per heavy atom. The lowest BCUT2D eigenvalue weighted by Crippen LogP contribution is -2.40. The van der Waals surface area contributed by atoms with E-state index < -0.39 is 10.0 Å². The van der Waals surface area contributed by atoms with Crippen LogP contribution >= 0.6 is 23.2 Å². The molecule has 0 unspecified atom stereocenters. The molecule has 1 amide bonds. The van der Waals surface area contributed by atoms with Crippen molar-refractivity contribution in [1.82, 2.24) is 14.1 Å². The number of amides is 1. The fourth-order valence-electron chi connectivity index (χ4n) is 3.28. The summed E-state index contributed by atoms with van der Waals surface area (Å²) in [5, 5.41) is 8.07. The molecule has 32 heavy (non-hydrogen) atoms. The number of hydrogen-bond acceptors (Lipinski definition) is 5. The summed E-state index contributed by atoms with van der Waals surface area (Å²) < 4.78 is 33.7. The first kappa shape index (κ1) is 22.8. The van der Waals surface area contributed by atoms with Crippen LogP contribution in [0.3, 0.4) is 0 Å². The molecule has 168 valence electrons. The molecule has 1 aliphatic heterocycles. The molecule has 3 aromatic rings. The Bertz CT molecular complexity index is 1220. The Kier molecular flexibility index (Phi) is 6.82. The van der Waals surface area contributed by atoms with E-state index in [9.17, 15) is 13.2 Å². The highest BCUT2D eigenvalue weighted by molar-refractivity contribution is 7.89. The number of hydrogen-bond donors (Lipinski definition) is 1. The van der Waals surface area contributed by atoms with Gasteiger partial charge in [-0.2, -0.15) is 9.40 Å². The summed E-state index contributed by atoms with van der Waals surface area (Å²) in [5.41, 5.74) is 1.12. The van der Waals surface area contributed by atoms with Crippen molar-refractivity contribution in [3.8, 4) is 0 Å². The highest BCUT2D eigenvalue weighted by Crippen LogP contribution is 2.23. The largest absolute Gasteiger partial charge is 0.379 e. The fraction of sp³-hybridized carbons (Fsp3) is 0.238. The van der Waals surface area contributed by atoms with Crippen LogP contribution in [0.25, 0.3) is 0 Å². The molecule has 0 atom stereocenters. The predicted molar refractivity (Wildman–Crippen MR) is 122 cm³/mol. The standard InChI is InChI=1S/C21H20Cl2N4O4S/c22-17-4-1-16(19(23)13-17)14-27-20(7-8-24-27)25-21(28)15-2-5-18(6-3-15)32(29,30)26-9-11-31-12-10-26/h1-8,13H,9-12,14H2,(H,25,28). The number of nitrogens with zero attached hydrogens (tertiary/aromatic N) is 3. The molecule has 0 bridgehead atoms. The van der Waals surface area contributed by atoms with Crippen molar-refractivity contribution in [2.75, 3.05) is 31.6 Å². The molecular weight excluding hydrogens is 475 g/mol. The van der Waals surface area contributed by atoms with E-state index in [1.807, 2.05) is 0 Å². The molecule has 0 spiro atoms. The zero-order valence-corrected chi connectivity index (χ0v) is 19.2. The summed E-state index contributed by atoms with van der Waals surface area (Å²) in [6, 6.07) is 12.7. The minimum Gasteiger partial charge on any atom is -0.379 e. The molecule has 2 aromatic carbocycles. The van der Waals surface area contributed by atoms with Crippen molar-refractivity contribution in [1.29, 1.82) is 0 Å². The van der Waals surface area contributed by atoms with Gasteiger partial charge in [-0.1, -0.05) is 29.3 Å². The van der Waals surface area contributed by atoms with Crippen LogP contribution in [0.15, 0.2) is 59.6 Å². The maximum Gasteiger partial charge on any atom is 0.256 e. The normalized spacial score (nSPS) is 14.9. The maximum absolute atomic E-state index is 12.7. The second kappa shape index (κ2) is 9.60. The van der Waals surface area contributed by atoms with Crippen LogP contribution in [-0.4, -0.2) is 54.7 Å². The summed E-state index contributed by atoms with van der Waals surface area (Å²) in [6.07, 6.45) is 1.57. The lowest BCUT2D eigenvalue weighted by Gasteiger charge is -2.26. The van der Waals surface area contributed by atoms with E-state index in [-0.39, 0.29) is 10.8 Å². The van der Waals surface area contributed by atoms with Gasteiger partial charge >= 0.3 is 0 Å². The summed E-state index contributed by atoms with van der Waals surface area (Å²) in [6.45, 7) is 1.71. The number of benzene rings is 2. The first-order valence-electron chi connectivity index (χ1n) is 9.79. The third kappa shape index (κ3) is 4.97. The zero-order valence-electron chi connectivity index (χ0n) is 16.9. The van der Waals surface area contributed by atoms with Crippen LogP contribution in [0.4, 0.5) is 5.82 Å². The Balaban J connectivity index is 1.46. The maximum atomic E-state index is 12.7. The molecule has 1 saturated heterocycles. The van der Waals surface area contributed by atoms with E-state index in [1.165, 1.54) is 28.6 Å². The zero-order chi connectivity index (χ0) is 22.7. The number of rotatable bonds is 6. The molecule has 1 N–H and O–H groups in total. The van der Waals surface area contributed by atoms with E-state index in [2.05, 4.69) is 10.4 Å². The van der Waals surface area contributed by atoms with Crippen LogP contribution < -0.4 is 5.32 Å². The number of anilines is 1. The molecule has 1 aliphatic rings. The number of nitrogens with one attached hydrogen (secondary N) is 1. The Morgan fingerprint density at radius 2 is 1.78 bits per heavy atom. The molecule has 8 nitrogen and oxygen atoms in total. The number of aromatic nitrogens is 2. The van der Waals surface area contributed by atoms with Gasteiger partial charge in [-0.25, -0.2) is 13.1 Å². The second-order valence-corrected chi connectivity index (χ2v) is 9.89. The first-order valence-corrected chi connectivity index (χ1v) is 12.0. The van der Waals surface area contributed by atoms with Crippen LogP contribution in [0.1, 0.15) is 15.9 Å². The number of carbonyl (C=O) groups excluding carboxylic acids is 1. The molecule has 1 fully saturated rings. The lowest BCUT2D eigenvalue weighted by molar-refractivity contribution is 0.0730. The predicted octanol–water partition coefficient (Wildman–Crippen LogP) is 3.51. The summed E-state index contributed by atoms with van der Waals surface area (Å²) in [5.74, 6) is 0.0929. The van der Waals surface area contributed by atoms with Gasteiger partial charge in [0.15, 0.2) is 0 Å². The van der Waals surface area contributed by atoms with Crippen molar-refractivity contribution >= 4 is 45.0 Å². The van der Waals surface area contributed by atoms with Gasteiger partial charge in [0.1, 0.15) is 5.82 Å². The van der Waals surface area contributed by atoms with Crippen LogP contribution in [0.2, 0.25) is 10.0 Å². The van der Waals surface area contributed by atoms with Crippen molar-refractivity contribution in [2.45, 2.75) is 11.4 Å². The van der Waals surface area contributed by atoms with E-state index in [0.717, 1.165) is 5.56 Å². The molecule has 0 saturated carbocycles. The lowest BCUT2D eigenvalue weighted by atomic mass is 10.2. The minimum absolute atomic E-state index is 0.137. The van der Waals surface area contributed by atoms with Gasteiger partial charge in [-0.3, -0.25) is 4.79 Å². The SMILES string of the molecule is O=C(Nc1ccnn1Cc1ccc(Cl)cc1Cl)c1ccc(S(=O)(=O)N2CCOCC2)cc1. The highest BCUT2D eigenvalue weighted by atomic mass is 35.5. The van der Waals surface area contributed by atoms with Gasteiger partial charge in [0.05, 0.1) is 30.9 Å². The number of carbonyl (C=O) groups is 1. The second-order valence-electron chi connectivity index (χ2n) is 7.10. The third-order valence-electron chi connectivity index (χ3n) is 5.02. The van der Waals surface area contributed by atoms with E-state index in [4.69, 9.17) is 27.9 Å². The van der Waals surface area contributed by atoms with Gasteiger partial charge in [0, 0.05) is 34.8 Å². The number of sulfonamides is 1. The number of ether oxygens (including phenoxy) is 1. The van der Waals surface area contributed by atoms with Crippen LogP contribution in [0, 0.1) is 0 Å². The van der Waals surface area contributed by atoms with E-state index in [1.54, 1.807) is 35.1 Å². The van der Waals surface area contributed by atoms with Gasteiger partial charge in [-0.15, -0.1) is 0 Å². The molecular formula is C21H20Cl2N4O4S. The smallest absolute Gasteiger partial charge is 0.256 e. The van der Waals surface area contributed by atoms with E-state index >= 15 is 0 Å². The third-order valence-corrected chi connectivity index (χ3v) is 7.52. The molecule has 1 aromatic heterocycles.